The molecule has 0 aliphatic heterocycles. The topological polar surface area (TPSA) is 55.1 Å². The van der Waals surface area contributed by atoms with Crippen LogP contribution in [-0.2, 0) is 0 Å². The lowest BCUT2D eigenvalue weighted by molar-refractivity contribution is 0.0696. The van der Waals surface area contributed by atoms with Crippen molar-refractivity contribution >= 4 is 33.7 Å². The van der Waals surface area contributed by atoms with Crippen LogP contribution < -0.4 is 0 Å². The molecule has 2 aromatic heterocycles. The lowest BCUT2D eigenvalue weighted by atomic mass is 10.2. The van der Waals surface area contributed by atoms with Gasteiger partial charge in [-0.1, -0.05) is 23.9 Å². The third kappa shape index (κ3) is 3.18. The van der Waals surface area contributed by atoms with Gasteiger partial charge in [0.1, 0.15) is 5.56 Å². The van der Waals surface area contributed by atoms with Crippen LogP contribution in [0.2, 0.25) is 0 Å². The molecule has 1 aromatic carbocycles. The molecule has 0 amide bonds. The van der Waals surface area contributed by atoms with Gasteiger partial charge in [-0.25, -0.2) is 9.78 Å². The van der Waals surface area contributed by atoms with E-state index >= 15 is 0 Å². The van der Waals surface area contributed by atoms with Crippen LogP contribution in [0, 0.1) is 6.92 Å². The SMILES string of the molecule is Cc1ccc(Sc2ccccc2Br)n1-c1ncccc1C(=O)O. The zero-order valence-corrected chi connectivity index (χ0v) is 14.6. The van der Waals surface area contributed by atoms with E-state index in [9.17, 15) is 9.90 Å². The van der Waals surface area contributed by atoms with Gasteiger partial charge in [-0.3, -0.25) is 4.57 Å². The fourth-order valence-electron chi connectivity index (χ4n) is 2.25. The number of pyridine rings is 1. The summed E-state index contributed by atoms with van der Waals surface area (Å²) in [4.78, 5) is 16.8. The summed E-state index contributed by atoms with van der Waals surface area (Å²) in [5, 5.41) is 10.3. The standard InChI is InChI=1S/C17H13BrN2O2S/c1-11-8-9-15(23-14-7-3-2-6-13(14)18)20(11)16-12(17(21)22)5-4-10-19-16/h2-10H,1H3,(H,21,22). The number of carboxylic acid groups (broad SMARTS) is 1. The highest BCUT2D eigenvalue weighted by atomic mass is 79.9. The van der Waals surface area contributed by atoms with Crippen molar-refractivity contribution in [3.8, 4) is 5.82 Å². The second-order valence-corrected chi connectivity index (χ2v) is 6.78. The van der Waals surface area contributed by atoms with Crippen LogP contribution in [0.3, 0.4) is 0 Å². The zero-order valence-electron chi connectivity index (χ0n) is 12.2. The van der Waals surface area contributed by atoms with Gasteiger partial charge < -0.3 is 5.11 Å². The van der Waals surface area contributed by atoms with E-state index in [1.54, 1.807) is 30.1 Å². The molecule has 3 rings (SSSR count). The van der Waals surface area contributed by atoms with Gasteiger partial charge in [0.15, 0.2) is 5.82 Å². The van der Waals surface area contributed by atoms with Crippen LogP contribution in [-0.4, -0.2) is 20.6 Å². The highest BCUT2D eigenvalue weighted by Crippen LogP contribution is 2.35. The number of hydrogen-bond donors (Lipinski definition) is 1. The Labute approximate surface area is 146 Å². The number of nitrogens with zero attached hydrogens (tertiary/aromatic N) is 2. The van der Waals surface area contributed by atoms with Gasteiger partial charge in [-0.15, -0.1) is 0 Å². The molecule has 2 heterocycles. The van der Waals surface area contributed by atoms with E-state index in [1.807, 2.05) is 47.9 Å². The number of rotatable bonds is 4. The monoisotopic (exact) mass is 388 g/mol. The summed E-state index contributed by atoms with van der Waals surface area (Å²) in [7, 11) is 0. The summed E-state index contributed by atoms with van der Waals surface area (Å²) in [5.74, 6) is -0.560. The van der Waals surface area contributed by atoms with Crippen molar-refractivity contribution in [3.05, 3.63) is 70.5 Å². The molecule has 0 fully saturated rings. The fourth-order valence-corrected chi connectivity index (χ4v) is 3.77. The van der Waals surface area contributed by atoms with Crippen LogP contribution in [0.15, 0.2) is 69.1 Å². The molecule has 0 aliphatic rings. The van der Waals surface area contributed by atoms with Gasteiger partial charge in [-0.05, 0) is 59.3 Å². The minimum absolute atomic E-state index is 0.181. The highest BCUT2D eigenvalue weighted by molar-refractivity contribution is 9.10. The Balaban J connectivity index is 2.10. The molecule has 116 valence electrons. The maximum atomic E-state index is 11.5. The van der Waals surface area contributed by atoms with Crippen molar-refractivity contribution in [2.24, 2.45) is 0 Å². The van der Waals surface area contributed by atoms with Gasteiger partial charge >= 0.3 is 5.97 Å². The van der Waals surface area contributed by atoms with Crippen molar-refractivity contribution in [3.63, 3.8) is 0 Å². The van der Waals surface area contributed by atoms with Crippen LogP contribution in [0.4, 0.5) is 0 Å². The number of aromatic nitrogens is 2. The minimum Gasteiger partial charge on any atom is -0.478 e. The van der Waals surface area contributed by atoms with Crippen LogP contribution in [0.1, 0.15) is 16.1 Å². The molecule has 4 nitrogen and oxygen atoms in total. The normalized spacial score (nSPS) is 10.7. The molecule has 23 heavy (non-hydrogen) atoms. The van der Waals surface area contributed by atoms with E-state index in [2.05, 4.69) is 20.9 Å². The van der Waals surface area contributed by atoms with Crippen LogP contribution >= 0.6 is 27.7 Å². The molecular formula is C17H13BrN2O2S. The smallest absolute Gasteiger partial charge is 0.339 e. The summed E-state index contributed by atoms with van der Waals surface area (Å²) in [6.07, 6.45) is 1.61. The van der Waals surface area contributed by atoms with E-state index < -0.39 is 5.97 Å². The minimum atomic E-state index is -0.988. The number of halogens is 1. The molecule has 0 aliphatic carbocycles. The van der Waals surface area contributed by atoms with Crippen molar-refractivity contribution in [1.29, 1.82) is 0 Å². The van der Waals surface area contributed by atoms with Gasteiger partial charge in [0.2, 0.25) is 0 Å². The molecule has 1 N–H and O–H groups in total. The fraction of sp³-hybridized carbons (Fsp3) is 0.0588. The lowest BCUT2D eigenvalue weighted by Crippen LogP contribution is -2.09. The number of benzene rings is 1. The maximum Gasteiger partial charge on any atom is 0.339 e. The van der Waals surface area contributed by atoms with Crippen LogP contribution in [0.25, 0.3) is 5.82 Å². The Kier molecular flexibility index (Phi) is 4.54. The Hall–Kier alpha value is -2.05. The predicted octanol–water partition coefficient (Wildman–Crippen LogP) is 4.79. The second-order valence-electron chi connectivity index (χ2n) is 4.86. The number of aromatic carboxylic acids is 1. The van der Waals surface area contributed by atoms with E-state index in [-0.39, 0.29) is 5.56 Å². The molecule has 0 saturated carbocycles. The summed E-state index contributed by atoms with van der Waals surface area (Å²) in [5.41, 5.74) is 1.11. The molecule has 0 spiro atoms. The molecule has 0 atom stereocenters. The first-order valence-corrected chi connectivity index (χ1v) is 8.48. The van der Waals surface area contributed by atoms with E-state index in [0.717, 1.165) is 20.1 Å². The third-order valence-corrected chi connectivity index (χ3v) is 5.38. The van der Waals surface area contributed by atoms with Gasteiger partial charge in [0.05, 0.1) is 5.03 Å². The van der Waals surface area contributed by atoms with Gasteiger partial charge in [0, 0.05) is 21.3 Å². The predicted molar refractivity (Wildman–Crippen MR) is 93.5 cm³/mol. The second kappa shape index (κ2) is 6.60. The van der Waals surface area contributed by atoms with E-state index in [4.69, 9.17) is 0 Å². The first kappa shape index (κ1) is 15.8. The Bertz CT molecular complexity index is 877. The summed E-state index contributed by atoms with van der Waals surface area (Å²) in [6, 6.07) is 15.0. The largest absolute Gasteiger partial charge is 0.478 e. The van der Waals surface area contributed by atoms with Gasteiger partial charge in [0.25, 0.3) is 0 Å². The van der Waals surface area contributed by atoms with Crippen molar-refractivity contribution in [1.82, 2.24) is 9.55 Å². The van der Waals surface area contributed by atoms with Crippen molar-refractivity contribution < 1.29 is 9.90 Å². The van der Waals surface area contributed by atoms with Crippen molar-refractivity contribution in [2.45, 2.75) is 16.8 Å². The van der Waals surface area contributed by atoms with Gasteiger partial charge in [-0.2, -0.15) is 0 Å². The molecule has 0 unspecified atom stereocenters. The summed E-state index contributed by atoms with van der Waals surface area (Å²) >= 11 is 5.10. The first-order chi connectivity index (χ1) is 11.1. The quantitative estimate of drug-likeness (QED) is 0.697. The molecule has 0 saturated heterocycles. The Morgan fingerprint density at radius 1 is 1.17 bits per heavy atom. The van der Waals surface area contributed by atoms with Crippen molar-refractivity contribution in [2.75, 3.05) is 0 Å². The lowest BCUT2D eigenvalue weighted by Gasteiger charge is -2.13. The summed E-state index contributed by atoms with van der Waals surface area (Å²) in [6.45, 7) is 1.93. The van der Waals surface area contributed by atoms with E-state index in [1.165, 1.54) is 0 Å². The van der Waals surface area contributed by atoms with E-state index in [0.29, 0.717) is 5.82 Å². The zero-order chi connectivity index (χ0) is 16.4. The maximum absolute atomic E-state index is 11.5. The molecule has 3 aromatic rings. The summed E-state index contributed by atoms with van der Waals surface area (Å²) < 4.78 is 2.86. The first-order valence-electron chi connectivity index (χ1n) is 6.87. The number of carboxylic acids is 1. The number of aryl methyl sites for hydroxylation is 1. The molecule has 6 heteroatoms. The highest BCUT2D eigenvalue weighted by Gasteiger charge is 2.17. The Morgan fingerprint density at radius 2 is 1.96 bits per heavy atom. The number of hydrogen-bond acceptors (Lipinski definition) is 3. The molecule has 0 radical (unpaired) electrons. The molecular weight excluding hydrogens is 376 g/mol. The van der Waals surface area contributed by atoms with Crippen LogP contribution in [0.5, 0.6) is 0 Å². The number of carbonyl (C=O) groups is 1. The third-order valence-electron chi connectivity index (χ3n) is 3.32. The Morgan fingerprint density at radius 3 is 2.70 bits per heavy atom. The molecule has 0 bridgehead atoms. The average molecular weight is 389 g/mol. The average Bonchev–Trinajstić information content (AvgIpc) is 2.90.